The number of aliphatic hydroxyl groups is 1. The Bertz CT molecular complexity index is 272. The summed E-state index contributed by atoms with van der Waals surface area (Å²) in [5.41, 5.74) is 6.17. The monoisotopic (exact) mass is 197 g/mol. The SMILES string of the molecule is NCC(O)C(=O)NCCc1ccc[nH]1. The second kappa shape index (κ2) is 5.41. The molecule has 1 rings (SSSR count). The van der Waals surface area contributed by atoms with Crippen LogP contribution < -0.4 is 11.1 Å². The summed E-state index contributed by atoms with van der Waals surface area (Å²) in [5.74, 6) is -0.418. The smallest absolute Gasteiger partial charge is 0.250 e. The van der Waals surface area contributed by atoms with Gasteiger partial charge in [-0.25, -0.2) is 0 Å². The molecule has 1 heterocycles. The summed E-state index contributed by atoms with van der Waals surface area (Å²) >= 11 is 0. The first-order valence-electron chi connectivity index (χ1n) is 4.52. The summed E-state index contributed by atoms with van der Waals surface area (Å²) in [6.07, 6.45) is 1.45. The molecule has 0 radical (unpaired) electrons. The Morgan fingerprint density at radius 3 is 3.07 bits per heavy atom. The van der Waals surface area contributed by atoms with Gasteiger partial charge in [0.15, 0.2) is 0 Å². The van der Waals surface area contributed by atoms with E-state index in [0.717, 1.165) is 12.1 Å². The van der Waals surface area contributed by atoms with E-state index >= 15 is 0 Å². The Hall–Kier alpha value is -1.33. The lowest BCUT2D eigenvalue weighted by molar-refractivity contribution is -0.128. The first-order valence-corrected chi connectivity index (χ1v) is 4.52. The van der Waals surface area contributed by atoms with Gasteiger partial charge in [-0.2, -0.15) is 0 Å². The first-order chi connectivity index (χ1) is 6.74. The average Bonchev–Trinajstić information content (AvgIpc) is 2.69. The van der Waals surface area contributed by atoms with E-state index < -0.39 is 12.0 Å². The topological polar surface area (TPSA) is 91.1 Å². The van der Waals surface area contributed by atoms with Crippen molar-refractivity contribution in [3.63, 3.8) is 0 Å². The average molecular weight is 197 g/mol. The van der Waals surface area contributed by atoms with Gasteiger partial charge in [0.2, 0.25) is 5.91 Å². The van der Waals surface area contributed by atoms with Gasteiger partial charge in [-0.3, -0.25) is 4.79 Å². The number of nitrogens with two attached hydrogens (primary N) is 1. The minimum atomic E-state index is -1.10. The van der Waals surface area contributed by atoms with Gasteiger partial charge < -0.3 is 21.1 Å². The number of carbonyl (C=O) groups excluding carboxylic acids is 1. The summed E-state index contributed by atoms with van der Waals surface area (Å²) < 4.78 is 0. The van der Waals surface area contributed by atoms with E-state index in [1.165, 1.54) is 0 Å². The van der Waals surface area contributed by atoms with Crippen LogP contribution in [0.25, 0.3) is 0 Å². The van der Waals surface area contributed by atoms with Crippen LogP contribution in [0.2, 0.25) is 0 Å². The summed E-state index contributed by atoms with van der Waals surface area (Å²) in [7, 11) is 0. The lowest BCUT2D eigenvalue weighted by Gasteiger charge is -2.08. The highest BCUT2D eigenvalue weighted by molar-refractivity contribution is 5.80. The Kier molecular flexibility index (Phi) is 4.15. The number of hydrogen-bond acceptors (Lipinski definition) is 3. The Balaban J connectivity index is 2.18. The third kappa shape index (κ3) is 3.20. The molecule has 1 amide bonds. The molecule has 0 aliphatic rings. The summed E-state index contributed by atoms with van der Waals surface area (Å²) in [6, 6.07) is 3.83. The van der Waals surface area contributed by atoms with Crippen molar-refractivity contribution >= 4 is 5.91 Å². The second-order valence-corrected chi connectivity index (χ2v) is 2.99. The molecular weight excluding hydrogens is 182 g/mol. The zero-order valence-corrected chi connectivity index (χ0v) is 7.86. The number of rotatable bonds is 5. The van der Waals surface area contributed by atoms with E-state index in [-0.39, 0.29) is 6.54 Å². The van der Waals surface area contributed by atoms with E-state index in [9.17, 15) is 4.79 Å². The Labute approximate surface area is 82.3 Å². The summed E-state index contributed by atoms with van der Waals surface area (Å²) in [6.45, 7) is 0.449. The number of aliphatic hydroxyl groups excluding tert-OH is 1. The third-order valence-electron chi connectivity index (χ3n) is 1.88. The largest absolute Gasteiger partial charge is 0.382 e. The fraction of sp³-hybridized carbons (Fsp3) is 0.444. The number of nitrogens with one attached hydrogen (secondary N) is 2. The molecule has 0 saturated heterocycles. The molecule has 0 bridgehead atoms. The lowest BCUT2D eigenvalue weighted by atomic mass is 10.3. The van der Waals surface area contributed by atoms with Crippen molar-refractivity contribution < 1.29 is 9.90 Å². The van der Waals surface area contributed by atoms with Gasteiger partial charge in [0.1, 0.15) is 6.10 Å². The molecule has 0 aliphatic carbocycles. The van der Waals surface area contributed by atoms with Gasteiger partial charge >= 0.3 is 0 Å². The maximum Gasteiger partial charge on any atom is 0.250 e. The van der Waals surface area contributed by atoms with Crippen LogP contribution in [0.5, 0.6) is 0 Å². The predicted octanol–water partition coefficient (Wildman–Crippen LogP) is -1.01. The van der Waals surface area contributed by atoms with Gasteiger partial charge in [-0.15, -0.1) is 0 Å². The van der Waals surface area contributed by atoms with Crippen LogP contribution in [0.1, 0.15) is 5.69 Å². The molecule has 1 unspecified atom stereocenters. The highest BCUT2D eigenvalue weighted by Gasteiger charge is 2.11. The van der Waals surface area contributed by atoms with Crippen molar-refractivity contribution in [2.45, 2.75) is 12.5 Å². The van der Waals surface area contributed by atoms with Crippen LogP contribution in [-0.4, -0.2) is 35.2 Å². The van der Waals surface area contributed by atoms with Gasteiger partial charge in [-0.05, 0) is 12.1 Å². The maximum absolute atomic E-state index is 11.1. The number of carbonyl (C=O) groups is 1. The standard InChI is InChI=1S/C9H15N3O2/c10-6-8(13)9(14)12-5-3-7-2-1-4-11-7/h1-2,4,8,11,13H,3,5-6,10H2,(H,12,14). The minimum absolute atomic E-state index is 0.0473. The number of hydrogen-bond donors (Lipinski definition) is 4. The molecule has 1 aromatic rings. The van der Waals surface area contributed by atoms with Crippen LogP contribution in [-0.2, 0) is 11.2 Å². The zero-order valence-electron chi connectivity index (χ0n) is 7.86. The van der Waals surface area contributed by atoms with E-state index in [1.54, 1.807) is 0 Å². The molecule has 0 aromatic carbocycles. The van der Waals surface area contributed by atoms with Crippen LogP contribution in [0, 0.1) is 0 Å². The van der Waals surface area contributed by atoms with Crippen molar-refractivity contribution in [3.8, 4) is 0 Å². The predicted molar refractivity (Wildman–Crippen MR) is 52.6 cm³/mol. The van der Waals surface area contributed by atoms with Crippen LogP contribution in [0.15, 0.2) is 18.3 Å². The maximum atomic E-state index is 11.1. The minimum Gasteiger partial charge on any atom is -0.382 e. The molecule has 0 spiro atoms. The highest BCUT2D eigenvalue weighted by Crippen LogP contribution is 1.93. The zero-order chi connectivity index (χ0) is 10.4. The summed E-state index contributed by atoms with van der Waals surface area (Å²) in [4.78, 5) is 14.1. The molecule has 5 N–H and O–H groups in total. The van der Waals surface area contributed by atoms with Crippen molar-refractivity contribution in [3.05, 3.63) is 24.0 Å². The normalized spacial score (nSPS) is 12.4. The third-order valence-corrected chi connectivity index (χ3v) is 1.88. The van der Waals surface area contributed by atoms with E-state index in [2.05, 4.69) is 10.3 Å². The van der Waals surface area contributed by atoms with Crippen molar-refractivity contribution in [1.29, 1.82) is 0 Å². The molecule has 78 valence electrons. The van der Waals surface area contributed by atoms with Gasteiger partial charge in [0.05, 0.1) is 0 Å². The quantitative estimate of drug-likeness (QED) is 0.487. The van der Waals surface area contributed by atoms with E-state index in [4.69, 9.17) is 10.8 Å². The molecule has 5 nitrogen and oxygen atoms in total. The number of aromatic nitrogens is 1. The molecule has 14 heavy (non-hydrogen) atoms. The van der Waals surface area contributed by atoms with Gasteiger partial charge in [0, 0.05) is 31.4 Å². The van der Waals surface area contributed by atoms with Crippen LogP contribution in [0.4, 0.5) is 0 Å². The number of aromatic amines is 1. The highest BCUT2D eigenvalue weighted by atomic mass is 16.3. The number of amides is 1. The molecule has 1 aromatic heterocycles. The lowest BCUT2D eigenvalue weighted by Crippen LogP contribution is -2.39. The number of H-pyrrole nitrogens is 1. The second-order valence-electron chi connectivity index (χ2n) is 2.99. The molecular formula is C9H15N3O2. The van der Waals surface area contributed by atoms with Crippen molar-refractivity contribution in [2.24, 2.45) is 5.73 Å². The fourth-order valence-electron chi connectivity index (χ4n) is 1.07. The van der Waals surface area contributed by atoms with Crippen molar-refractivity contribution in [2.75, 3.05) is 13.1 Å². The van der Waals surface area contributed by atoms with Crippen LogP contribution >= 0.6 is 0 Å². The van der Waals surface area contributed by atoms with Gasteiger partial charge in [0.25, 0.3) is 0 Å². The van der Waals surface area contributed by atoms with Gasteiger partial charge in [-0.1, -0.05) is 0 Å². The van der Waals surface area contributed by atoms with Crippen molar-refractivity contribution in [1.82, 2.24) is 10.3 Å². The molecule has 1 atom stereocenters. The fourth-order valence-corrected chi connectivity index (χ4v) is 1.07. The Morgan fingerprint density at radius 2 is 2.50 bits per heavy atom. The first kappa shape index (κ1) is 10.7. The molecule has 0 aliphatic heterocycles. The molecule has 5 heteroatoms. The van der Waals surface area contributed by atoms with Crippen LogP contribution in [0.3, 0.4) is 0 Å². The van der Waals surface area contributed by atoms with E-state index in [0.29, 0.717) is 6.54 Å². The summed E-state index contributed by atoms with van der Waals surface area (Å²) in [5, 5.41) is 11.6. The molecule has 0 fully saturated rings. The Morgan fingerprint density at radius 1 is 1.71 bits per heavy atom. The van der Waals surface area contributed by atoms with E-state index in [1.807, 2.05) is 18.3 Å². The molecule has 0 saturated carbocycles.